The van der Waals surface area contributed by atoms with Crippen LogP contribution in [0.5, 0.6) is 0 Å². The lowest BCUT2D eigenvalue weighted by molar-refractivity contribution is -0.140. The van der Waals surface area contributed by atoms with Crippen LogP contribution < -0.4 is 0 Å². The number of rotatable bonds is 3. The average molecular weight is 309 g/mol. The highest BCUT2D eigenvalue weighted by atomic mass is 32.2. The van der Waals surface area contributed by atoms with Gasteiger partial charge in [-0.3, -0.25) is 4.79 Å². The molecule has 1 aromatic rings. The Morgan fingerprint density at radius 1 is 1.25 bits per heavy atom. The molecule has 0 saturated carbocycles. The third-order valence-corrected chi connectivity index (χ3v) is 5.00. The molecule has 0 radical (unpaired) electrons. The van der Waals surface area contributed by atoms with Crippen molar-refractivity contribution in [2.24, 2.45) is 0 Å². The maximum Gasteiger partial charge on any atom is 0.322 e. The quantitative estimate of drug-likeness (QED) is 0.855. The van der Waals surface area contributed by atoms with Gasteiger partial charge in [0.2, 0.25) is 10.0 Å². The predicted octanol–water partition coefficient (Wildman–Crippen LogP) is 1.34. The van der Waals surface area contributed by atoms with Gasteiger partial charge in [0.05, 0.1) is 0 Å². The van der Waals surface area contributed by atoms with Gasteiger partial charge in [0.15, 0.2) is 17.5 Å². The molecule has 1 atom stereocenters. The Morgan fingerprint density at radius 2 is 1.90 bits per heavy atom. The van der Waals surface area contributed by atoms with Crippen LogP contribution in [0.15, 0.2) is 17.0 Å². The van der Waals surface area contributed by atoms with Crippen LogP contribution in [-0.2, 0) is 14.8 Å². The molecule has 1 aliphatic rings. The first kappa shape index (κ1) is 14.8. The minimum absolute atomic E-state index is 0.0832. The second-order valence-corrected chi connectivity index (χ2v) is 6.14. The van der Waals surface area contributed by atoms with Crippen molar-refractivity contribution in [2.45, 2.75) is 23.8 Å². The monoisotopic (exact) mass is 309 g/mol. The van der Waals surface area contributed by atoms with E-state index in [9.17, 15) is 26.4 Å². The van der Waals surface area contributed by atoms with E-state index < -0.39 is 44.4 Å². The predicted molar refractivity (Wildman–Crippen MR) is 60.9 cm³/mol. The highest BCUT2D eigenvalue weighted by Gasteiger charge is 2.41. The van der Waals surface area contributed by atoms with Crippen molar-refractivity contribution in [3.05, 3.63) is 29.6 Å². The number of hydrogen-bond acceptors (Lipinski definition) is 3. The lowest BCUT2D eigenvalue weighted by Crippen LogP contribution is -2.40. The molecule has 1 heterocycles. The highest BCUT2D eigenvalue weighted by molar-refractivity contribution is 7.89. The van der Waals surface area contributed by atoms with E-state index in [-0.39, 0.29) is 13.0 Å². The van der Waals surface area contributed by atoms with Crippen molar-refractivity contribution in [2.75, 3.05) is 6.54 Å². The van der Waals surface area contributed by atoms with Gasteiger partial charge in [-0.1, -0.05) is 0 Å². The number of sulfonamides is 1. The number of nitrogens with zero attached hydrogens (tertiary/aromatic N) is 1. The van der Waals surface area contributed by atoms with Crippen molar-refractivity contribution < 1.29 is 31.5 Å². The molecular formula is C11H10F3NO4S. The number of carbonyl (C=O) groups is 1. The Labute approximate surface area is 112 Å². The van der Waals surface area contributed by atoms with Crippen LogP contribution in [-0.4, -0.2) is 36.4 Å². The topological polar surface area (TPSA) is 74.7 Å². The first-order valence-electron chi connectivity index (χ1n) is 5.65. The molecule has 9 heteroatoms. The molecule has 1 N–H and O–H groups in total. The van der Waals surface area contributed by atoms with Gasteiger partial charge >= 0.3 is 5.97 Å². The van der Waals surface area contributed by atoms with E-state index in [2.05, 4.69) is 0 Å². The third-order valence-electron chi connectivity index (χ3n) is 3.08. The van der Waals surface area contributed by atoms with Crippen molar-refractivity contribution in [3.8, 4) is 0 Å². The van der Waals surface area contributed by atoms with Gasteiger partial charge in [0, 0.05) is 6.54 Å². The first-order valence-corrected chi connectivity index (χ1v) is 7.09. The minimum atomic E-state index is -4.53. The van der Waals surface area contributed by atoms with E-state index in [0.717, 1.165) is 0 Å². The Hall–Kier alpha value is -1.61. The Morgan fingerprint density at radius 3 is 2.50 bits per heavy atom. The number of hydrogen-bond donors (Lipinski definition) is 1. The molecule has 0 bridgehead atoms. The van der Waals surface area contributed by atoms with Crippen molar-refractivity contribution >= 4 is 16.0 Å². The van der Waals surface area contributed by atoms with E-state index in [1.165, 1.54) is 0 Å². The molecule has 0 aromatic heterocycles. The molecule has 1 aliphatic heterocycles. The van der Waals surface area contributed by atoms with Crippen LogP contribution >= 0.6 is 0 Å². The summed E-state index contributed by atoms with van der Waals surface area (Å²) in [5, 5.41) is 8.93. The molecule has 2 rings (SSSR count). The zero-order chi connectivity index (χ0) is 15.1. The average Bonchev–Trinajstić information content (AvgIpc) is 2.85. The number of aliphatic carboxylic acids is 1. The Balaban J connectivity index is 2.51. The van der Waals surface area contributed by atoms with Gasteiger partial charge in [0.1, 0.15) is 10.9 Å². The smallest absolute Gasteiger partial charge is 0.322 e. The minimum Gasteiger partial charge on any atom is -0.480 e. The molecule has 20 heavy (non-hydrogen) atoms. The zero-order valence-corrected chi connectivity index (χ0v) is 10.8. The molecule has 1 aromatic carbocycles. The summed E-state index contributed by atoms with van der Waals surface area (Å²) in [7, 11) is -4.53. The molecular weight excluding hydrogens is 299 g/mol. The summed E-state index contributed by atoms with van der Waals surface area (Å²) in [4.78, 5) is 9.90. The SMILES string of the molecule is O=C(O)[C@@H]1CCCN1S(=O)(=O)c1ccc(F)c(F)c1F. The van der Waals surface area contributed by atoms with Crippen LogP contribution in [0.4, 0.5) is 13.2 Å². The first-order chi connectivity index (χ1) is 9.26. The van der Waals surface area contributed by atoms with E-state index >= 15 is 0 Å². The van der Waals surface area contributed by atoms with Crippen molar-refractivity contribution in [3.63, 3.8) is 0 Å². The van der Waals surface area contributed by atoms with Crippen LogP contribution in [0.25, 0.3) is 0 Å². The van der Waals surface area contributed by atoms with Crippen molar-refractivity contribution in [1.82, 2.24) is 4.31 Å². The summed E-state index contributed by atoms with van der Waals surface area (Å²) in [6.45, 7) is -0.113. The van der Waals surface area contributed by atoms with Gasteiger partial charge in [-0.25, -0.2) is 21.6 Å². The van der Waals surface area contributed by atoms with Gasteiger partial charge < -0.3 is 5.11 Å². The van der Waals surface area contributed by atoms with E-state index in [1.807, 2.05) is 0 Å². The number of carboxylic acids is 1. The van der Waals surface area contributed by atoms with Crippen LogP contribution in [0.1, 0.15) is 12.8 Å². The lowest BCUT2D eigenvalue weighted by Gasteiger charge is -2.21. The van der Waals surface area contributed by atoms with Gasteiger partial charge in [-0.15, -0.1) is 0 Å². The summed E-state index contributed by atoms with van der Waals surface area (Å²) >= 11 is 0. The number of halogens is 3. The normalized spacial score (nSPS) is 20.2. The molecule has 0 aliphatic carbocycles. The highest BCUT2D eigenvalue weighted by Crippen LogP contribution is 2.29. The molecule has 110 valence electrons. The van der Waals surface area contributed by atoms with E-state index in [0.29, 0.717) is 22.9 Å². The molecule has 1 fully saturated rings. The van der Waals surface area contributed by atoms with Crippen molar-refractivity contribution in [1.29, 1.82) is 0 Å². The summed E-state index contributed by atoms with van der Waals surface area (Å²) in [6.07, 6.45) is 0.376. The largest absolute Gasteiger partial charge is 0.480 e. The van der Waals surface area contributed by atoms with Crippen LogP contribution in [0.2, 0.25) is 0 Å². The summed E-state index contributed by atoms with van der Waals surface area (Å²) in [5.74, 6) is -6.63. The fourth-order valence-corrected chi connectivity index (χ4v) is 3.82. The van der Waals surface area contributed by atoms with Gasteiger partial charge in [0.25, 0.3) is 0 Å². The fraction of sp³-hybridized carbons (Fsp3) is 0.364. The van der Waals surface area contributed by atoms with Gasteiger partial charge in [-0.2, -0.15) is 4.31 Å². The summed E-state index contributed by atoms with van der Waals surface area (Å²) in [5.41, 5.74) is 0. The summed E-state index contributed by atoms with van der Waals surface area (Å²) in [6, 6.07) is -0.259. The zero-order valence-electron chi connectivity index (χ0n) is 10.0. The maximum absolute atomic E-state index is 13.6. The van der Waals surface area contributed by atoms with Crippen LogP contribution in [0, 0.1) is 17.5 Å². The third kappa shape index (κ3) is 2.27. The lowest BCUT2D eigenvalue weighted by atomic mass is 10.2. The number of benzene rings is 1. The van der Waals surface area contributed by atoms with E-state index in [4.69, 9.17) is 5.11 Å². The van der Waals surface area contributed by atoms with Crippen LogP contribution in [0.3, 0.4) is 0 Å². The molecule has 1 saturated heterocycles. The second kappa shape index (κ2) is 5.06. The molecule has 0 spiro atoms. The number of carboxylic acid groups (broad SMARTS) is 1. The molecule has 5 nitrogen and oxygen atoms in total. The second-order valence-electron chi connectivity index (χ2n) is 4.29. The Bertz CT molecular complexity index is 662. The fourth-order valence-electron chi connectivity index (χ4n) is 2.11. The Kier molecular flexibility index (Phi) is 3.74. The molecule has 0 unspecified atom stereocenters. The van der Waals surface area contributed by atoms with Gasteiger partial charge in [-0.05, 0) is 25.0 Å². The maximum atomic E-state index is 13.6. The summed E-state index contributed by atoms with van der Waals surface area (Å²) < 4.78 is 64.4. The molecule has 0 amide bonds. The standard InChI is InChI=1S/C11H10F3NO4S/c12-6-3-4-8(10(14)9(6)13)20(18,19)15-5-1-2-7(15)11(16)17/h3-4,7H,1-2,5H2,(H,16,17)/t7-/m0/s1. The van der Waals surface area contributed by atoms with E-state index in [1.54, 1.807) is 0 Å².